The molecule has 0 radical (unpaired) electrons. The monoisotopic (exact) mass is 207 g/mol. The summed E-state index contributed by atoms with van der Waals surface area (Å²) in [4.78, 5) is 0. The first-order valence-corrected chi connectivity index (χ1v) is 5.34. The van der Waals surface area contributed by atoms with Crippen LogP contribution >= 0.6 is 0 Å². The molecule has 0 amide bonds. The minimum absolute atomic E-state index is 0.251. The molecule has 0 aliphatic heterocycles. The van der Waals surface area contributed by atoms with Gasteiger partial charge in [-0.15, -0.1) is 0 Å². The van der Waals surface area contributed by atoms with Gasteiger partial charge >= 0.3 is 0 Å². The van der Waals surface area contributed by atoms with Crippen molar-refractivity contribution in [3.05, 3.63) is 29.8 Å². The SMILES string of the molecule is NCC(O)(Cc1ccc(O)cc1)C1CC1. The first-order chi connectivity index (χ1) is 7.14. The number of phenols is 1. The lowest BCUT2D eigenvalue weighted by Gasteiger charge is -2.26. The lowest BCUT2D eigenvalue weighted by molar-refractivity contribution is 0.0267. The fourth-order valence-corrected chi connectivity index (χ4v) is 1.97. The van der Waals surface area contributed by atoms with Gasteiger partial charge in [0.05, 0.1) is 5.60 Å². The highest BCUT2D eigenvalue weighted by Gasteiger charge is 2.42. The van der Waals surface area contributed by atoms with Gasteiger partial charge in [-0.1, -0.05) is 12.1 Å². The van der Waals surface area contributed by atoms with Crippen molar-refractivity contribution in [3.63, 3.8) is 0 Å². The Morgan fingerprint density at radius 3 is 2.33 bits per heavy atom. The molecule has 1 aliphatic rings. The predicted molar refractivity (Wildman–Crippen MR) is 58.5 cm³/mol. The molecule has 4 N–H and O–H groups in total. The molecular formula is C12H17NO2. The van der Waals surface area contributed by atoms with Crippen LogP contribution in [-0.4, -0.2) is 22.4 Å². The van der Waals surface area contributed by atoms with Gasteiger partial charge in [0.2, 0.25) is 0 Å². The van der Waals surface area contributed by atoms with E-state index in [1.54, 1.807) is 12.1 Å². The molecule has 0 bridgehead atoms. The van der Waals surface area contributed by atoms with Crippen LogP contribution in [0.3, 0.4) is 0 Å². The van der Waals surface area contributed by atoms with Crippen LogP contribution in [0, 0.1) is 5.92 Å². The zero-order chi connectivity index (χ0) is 10.9. The molecule has 15 heavy (non-hydrogen) atoms. The second-order valence-corrected chi connectivity index (χ2v) is 4.43. The molecule has 1 fully saturated rings. The zero-order valence-corrected chi connectivity index (χ0v) is 8.69. The molecule has 1 unspecified atom stereocenters. The van der Waals surface area contributed by atoms with E-state index in [4.69, 9.17) is 10.8 Å². The number of hydrogen-bond acceptors (Lipinski definition) is 3. The maximum absolute atomic E-state index is 10.3. The number of nitrogens with two attached hydrogens (primary N) is 1. The summed E-state index contributed by atoms with van der Waals surface area (Å²) in [5, 5.41) is 19.4. The molecule has 2 rings (SSSR count). The summed E-state index contributed by atoms with van der Waals surface area (Å²) in [5.41, 5.74) is 5.89. The smallest absolute Gasteiger partial charge is 0.115 e. The van der Waals surface area contributed by atoms with E-state index in [2.05, 4.69) is 0 Å². The Balaban J connectivity index is 2.09. The second kappa shape index (κ2) is 3.83. The van der Waals surface area contributed by atoms with Crippen molar-refractivity contribution in [1.29, 1.82) is 0 Å². The van der Waals surface area contributed by atoms with E-state index in [1.807, 2.05) is 12.1 Å². The molecule has 0 saturated heterocycles. The Morgan fingerprint density at radius 1 is 1.27 bits per heavy atom. The summed E-state index contributed by atoms with van der Waals surface area (Å²) >= 11 is 0. The largest absolute Gasteiger partial charge is 0.508 e. The summed E-state index contributed by atoms with van der Waals surface area (Å²) in [6.45, 7) is 0.304. The number of phenolic OH excluding ortho intramolecular Hbond substituents is 1. The van der Waals surface area contributed by atoms with Gasteiger partial charge in [-0.05, 0) is 36.5 Å². The van der Waals surface area contributed by atoms with Crippen LogP contribution in [0.2, 0.25) is 0 Å². The van der Waals surface area contributed by atoms with Gasteiger partial charge in [0.1, 0.15) is 5.75 Å². The van der Waals surface area contributed by atoms with E-state index in [1.165, 1.54) is 0 Å². The summed E-state index contributed by atoms with van der Waals surface area (Å²) in [6, 6.07) is 6.94. The average molecular weight is 207 g/mol. The topological polar surface area (TPSA) is 66.5 Å². The number of hydrogen-bond donors (Lipinski definition) is 3. The Hall–Kier alpha value is -1.06. The number of aromatic hydroxyl groups is 1. The minimum atomic E-state index is -0.753. The van der Waals surface area contributed by atoms with E-state index in [0.29, 0.717) is 18.9 Å². The van der Waals surface area contributed by atoms with E-state index < -0.39 is 5.60 Å². The van der Waals surface area contributed by atoms with Gasteiger partial charge in [-0.2, -0.15) is 0 Å². The lowest BCUT2D eigenvalue weighted by Crippen LogP contribution is -2.42. The fraction of sp³-hybridized carbons (Fsp3) is 0.500. The Morgan fingerprint density at radius 2 is 1.87 bits per heavy atom. The van der Waals surface area contributed by atoms with Crippen molar-refractivity contribution in [2.75, 3.05) is 6.54 Å². The molecule has 3 heteroatoms. The van der Waals surface area contributed by atoms with Crippen molar-refractivity contribution < 1.29 is 10.2 Å². The predicted octanol–water partition coefficient (Wildman–Crippen LogP) is 1.03. The highest BCUT2D eigenvalue weighted by molar-refractivity contribution is 5.27. The summed E-state index contributed by atoms with van der Waals surface area (Å²) in [5.74, 6) is 0.609. The van der Waals surface area contributed by atoms with Gasteiger partial charge in [0.25, 0.3) is 0 Å². The summed E-state index contributed by atoms with van der Waals surface area (Å²) < 4.78 is 0. The molecule has 0 heterocycles. The summed E-state index contributed by atoms with van der Waals surface area (Å²) in [7, 11) is 0. The van der Waals surface area contributed by atoms with Crippen LogP contribution in [0.15, 0.2) is 24.3 Å². The van der Waals surface area contributed by atoms with Crippen molar-refractivity contribution in [1.82, 2.24) is 0 Å². The lowest BCUT2D eigenvalue weighted by atomic mass is 9.90. The van der Waals surface area contributed by atoms with Crippen LogP contribution < -0.4 is 5.73 Å². The van der Waals surface area contributed by atoms with Crippen molar-refractivity contribution in [2.45, 2.75) is 24.9 Å². The maximum Gasteiger partial charge on any atom is 0.115 e. The highest BCUT2D eigenvalue weighted by Crippen LogP contribution is 2.40. The molecule has 3 nitrogen and oxygen atoms in total. The average Bonchev–Trinajstić information content (AvgIpc) is 3.05. The summed E-state index contributed by atoms with van der Waals surface area (Å²) in [6.07, 6.45) is 2.73. The molecule has 0 spiro atoms. The molecule has 82 valence electrons. The van der Waals surface area contributed by atoms with Crippen LogP contribution in [0.5, 0.6) is 5.75 Å². The minimum Gasteiger partial charge on any atom is -0.508 e. The maximum atomic E-state index is 10.3. The van der Waals surface area contributed by atoms with E-state index >= 15 is 0 Å². The van der Waals surface area contributed by atoms with Gasteiger partial charge in [-0.3, -0.25) is 0 Å². The van der Waals surface area contributed by atoms with Crippen molar-refractivity contribution in [3.8, 4) is 5.75 Å². The van der Waals surface area contributed by atoms with Gasteiger partial charge in [0, 0.05) is 13.0 Å². The Kier molecular flexibility index (Phi) is 2.67. The number of benzene rings is 1. The Labute approximate surface area is 89.5 Å². The van der Waals surface area contributed by atoms with Crippen LogP contribution in [0.4, 0.5) is 0 Å². The number of aliphatic hydroxyl groups is 1. The van der Waals surface area contributed by atoms with E-state index in [0.717, 1.165) is 18.4 Å². The molecule has 1 aromatic carbocycles. The first kappa shape index (κ1) is 10.5. The Bertz CT molecular complexity index is 332. The van der Waals surface area contributed by atoms with Gasteiger partial charge in [-0.25, -0.2) is 0 Å². The third-order valence-electron chi connectivity index (χ3n) is 3.14. The molecule has 0 aromatic heterocycles. The third kappa shape index (κ3) is 2.30. The standard InChI is InChI=1S/C12H17NO2/c13-8-12(15,10-3-4-10)7-9-1-5-11(14)6-2-9/h1-2,5-6,10,14-15H,3-4,7-8,13H2. The fourth-order valence-electron chi connectivity index (χ4n) is 1.97. The molecule has 1 atom stereocenters. The normalized spacial score (nSPS) is 19.9. The molecule has 1 aliphatic carbocycles. The van der Waals surface area contributed by atoms with Crippen molar-refractivity contribution >= 4 is 0 Å². The van der Waals surface area contributed by atoms with Crippen LogP contribution in [0.1, 0.15) is 18.4 Å². The van der Waals surface area contributed by atoms with Crippen LogP contribution in [0.25, 0.3) is 0 Å². The van der Waals surface area contributed by atoms with Crippen LogP contribution in [-0.2, 0) is 6.42 Å². The molecular weight excluding hydrogens is 190 g/mol. The zero-order valence-electron chi connectivity index (χ0n) is 8.69. The van der Waals surface area contributed by atoms with E-state index in [-0.39, 0.29) is 5.75 Å². The van der Waals surface area contributed by atoms with Gasteiger partial charge in [0.15, 0.2) is 0 Å². The first-order valence-electron chi connectivity index (χ1n) is 5.34. The van der Waals surface area contributed by atoms with Gasteiger partial charge < -0.3 is 15.9 Å². The molecule has 1 saturated carbocycles. The number of rotatable bonds is 4. The molecule has 1 aromatic rings. The second-order valence-electron chi connectivity index (χ2n) is 4.43. The van der Waals surface area contributed by atoms with E-state index in [9.17, 15) is 5.11 Å². The quantitative estimate of drug-likeness (QED) is 0.691. The van der Waals surface area contributed by atoms with Crippen molar-refractivity contribution in [2.24, 2.45) is 11.7 Å². The highest BCUT2D eigenvalue weighted by atomic mass is 16.3. The third-order valence-corrected chi connectivity index (χ3v) is 3.14.